The first-order valence-electron chi connectivity index (χ1n) is 15.1. The second-order valence-corrected chi connectivity index (χ2v) is 14.7. The second-order valence-electron chi connectivity index (χ2n) is 14.7. The Bertz CT molecular complexity index is 1250. The average molecular weight is 555 g/mol. The van der Waals surface area contributed by atoms with Gasteiger partial charge in [0.05, 0.1) is 17.6 Å². The monoisotopic (exact) mass is 554 g/mol. The van der Waals surface area contributed by atoms with Gasteiger partial charge >= 0.3 is 17.9 Å². The molecule has 14 unspecified atom stereocenters. The summed E-state index contributed by atoms with van der Waals surface area (Å²) in [5.41, 5.74) is 0.717. The topological polar surface area (TPSA) is 119 Å². The highest BCUT2D eigenvalue weighted by molar-refractivity contribution is 5.91. The van der Waals surface area contributed by atoms with Gasteiger partial charge in [-0.05, 0) is 50.9 Å². The maximum atomic E-state index is 14.1. The van der Waals surface area contributed by atoms with Crippen LogP contribution in [0.3, 0.4) is 0 Å². The van der Waals surface area contributed by atoms with Crippen molar-refractivity contribution in [2.75, 3.05) is 0 Å². The summed E-state index contributed by atoms with van der Waals surface area (Å²) in [5.74, 6) is -1.48. The predicted molar refractivity (Wildman–Crippen MR) is 142 cm³/mol. The van der Waals surface area contributed by atoms with Crippen LogP contribution in [0, 0.1) is 51.8 Å². The van der Waals surface area contributed by atoms with E-state index in [1.165, 1.54) is 12.5 Å². The highest BCUT2D eigenvalue weighted by atomic mass is 16.6. The number of carbonyl (C=O) groups excluding carboxylic acids is 3. The summed E-state index contributed by atoms with van der Waals surface area (Å²) in [7, 11) is 0. The molecule has 2 aliphatic heterocycles. The number of aliphatic hydroxyl groups excluding tert-OH is 2. The number of carbonyl (C=O) groups is 3. The van der Waals surface area contributed by atoms with Gasteiger partial charge in [-0.1, -0.05) is 38.5 Å². The van der Waals surface area contributed by atoms with E-state index in [0.29, 0.717) is 44.1 Å². The highest BCUT2D eigenvalue weighted by Crippen LogP contribution is 2.76. The zero-order valence-electron chi connectivity index (χ0n) is 24.1. The molecule has 0 radical (unpaired) electrons. The van der Waals surface area contributed by atoms with Crippen molar-refractivity contribution < 1.29 is 38.8 Å². The number of hydrogen-bond acceptors (Lipinski definition) is 8. The van der Waals surface area contributed by atoms with Crippen LogP contribution in [0.2, 0.25) is 0 Å². The number of rotatable bonds is 1. The lowest BCUT2D eigenvalue weighted by Crippen LogP contribution is -2.46. The average Bonchev–Trinajstić information content (AvgIpc) is 3.46. The molecule has 14 atom stereocenters. The normalized spacial score (nSPS) is 54.4. The summed E-state index contributed by atoms with van der Waals surface area (Å²) in [4.78, 5) is 38.4. The van der Waals surface area contributed by atoms with Gasteiger partial charge in [0.2, 0.25) is 0 Å². The lowest BCUT2D eigenvalue weighted by Gasteiger charge is -2.45. The minimum absolute atomic E-state index is 0.00386. The fourth-order valence-electron chi connectivity index (χ4n) is 11.6. The summed E-state index contributed by atoms with van der Waals surface area (Å²) in [6.07, 6.45) is 1.04. The molecule has 0 aromatic rings. The molecule has 218 valence electrons. The standard InChI is InChI=1S/C32H42O8/c1-13-7-22-20(11-30(6)24(34)10-23(25(13)30)38-17(5)33)32(29(37)40-22)12-31-14(2)8-21-18(15(3)28(36)39-21)9-19(31)16(4)26(32)27(31)35/h13-14,18,20-27,34-35H,3,7-12H2,1-2,4-6H3. The van der Waals surface area contributed by atoms with Crippen molar-refractivity contribution in [2.45, 2.75) is 104 Å². The van der Waals surface area contributed by atoms with Gasteiger partial charge in [-0.2, -0.15) is 0 Å². The molecule has 4 saturated carbocycles. The van der Waals surface area contributed by atoms with Crippen LogP contribution in [0.4, 0.5) is 0 Å². The molecule has 7 rings (SSSR count). The Hall–Kier alpha value is -2.19. The molecule has 0 aromatic carbocycles. The van der Waals surface area contributed by atoms with Gasteiger partial charge in [0.25, 0.3) is 0 Å². The van der Waals surface area contributed by atoms with Gasteiger partial charge in [-0.25, -0.2) is 4.79 Å². The molecule has 2 spiro atoms. The highest BCUT2D eigenvalue weighted by Gasteiger charge is 2.78. The van der Waals surface area contributed by atoms with Crippen LogP contribution in [-0.4, -0.2) is 58.6 Å². The molecule has 6 fully saturated rings. The molecule has 8 heteroatoms. The van der Waals surface area contributed by atoms with Crippen LogP contribution in [0.1, 0.15) is 73.1 Å². The van der Waals surface area contributed by atoms with Crippen molar-refractivity contribution in [3.05, 3.63) is 23.3 Å². The summed E-state index contributed by atoms with van der Waals surface area (Å²) >= 11 is 0. The third kappa shape index (κ3) is 2.97. The van der Waals surface area contributed by atoms with Crippen LogP contribution in [0.25, 0.3) is 0 Å². The van der Waals surface area contributed by atoms with E-state index in [9.17, 15) is 24.6 Å². The molecule has 0 amide bonds. The first-order chi connectivity index (χ1) is 18.8. The SMILES string of the molecule is C=C1C(=O)OC2CC(C)C34CC5(C(=O)OC6CC(C)C7C(OC(C)=O)CC(O)C7(C)CC65)C(C(C)=C3CC12)C4O. The first-order valence-corrected chi connectivity index (χ1v) is 15.1. The molecule has 0 aromatic heterocycles. The quantitative estimate of drug-likeness (QED) is 0.219. The Morgan fingerprint density at radius 2 is 1.80 bits per heavy atom. The molecule has 5 aliphatic carbocycles. The van der Waals surface area contributed by atoms with E-state index < -0.39 is 28.5 Å². The smallest absolute Gasteiger partial charge is 0.334 e. The molecule has 2 saturated heterocycles. The number of hydrogen-bond donors (Lipinski definition) is 2. The van der Waals surface area contributed by atoms with E-state index >= 15 is 0 Å². The molecule has 2 heterocycles. The maximum absolute atomic E-state index is 14.1. The third-order valence-electron chi connectivity index (χ3n) is 13.1. The van der Waals surface area contributed by atoms with Crippen LogP contribution < -0.4 is 0 Å². The minimum atomic E-state index is -0.879. The fraction of sp³-hybridized carbons (Fsp3) is 0.781. The molecular weight excluding hydrogens is 512 g/mol. The predicted octanol–water partition coefficient (Wildman–Crippen LogP) is 3.49. The summed E-state index contributed by atoms with van der Waals surface area (Å²) in [6, 6.07) is 0. The van der Waals surface area contributed by atoms with Crippen LogP contribution in [0.5, 0.6) is 0 Å². The van der Waals surface area contributed by atoms with Gasteiger partial charge in [0.1, 0.15) is 18.3 Å². The van der Waals surface area contributed by atoms with Gasteiger partial charge in [-0.3, -0.25) is 9.59 Å². The third-order valence-corrected chi connectivity index (χ3v) is 13.1. The number of esters is 3. The van der Waals surface area contributed by atoms with Crippen LogP contribution >= 0.6 is 0 Å². The summed E-state index contributed by atoms with van der Waals surface area (Å²) in [6.45, 7) is 13.9. The lowest BCUT2D eigenvalue weighted by atomic mass is 9.56. The number of ether oxygens (including phenoxy) is 3. The second kappa shape index (κ2) is 8.21. The molecule has 7 aliphatic rings. The van der Waals surface area contributed by atoms with Crippen LogP contribution in [-0.2, 0) is 28.6 Å². The van der Waals surface area contributed by atoms with Gasteiger partial charge in [-0.15, -0.1) is 0 Å². The maximum Gasteiger partial charge on any atom is 0.334 e. The van der Waals surface area contributed by atoms with Crippen molar-refractivity contribution in [1.29, 1.82) is 0 Å². The summed E-state index contributed by atoms with van der Waals surface area (Å²) < 4.78 is 17.7. The van der Waals surface area contributed by atoms with E-state index in [4.69, 9.17) is 14.2 Å². The number of aliphatic hydroxyl groups is 2. The van der Waals surface area contributed by atoms with E-state index in [1.54, 1.807) is 0 Å². The van der Waals surface area contributed by atoms with Crippen molar-refractivity contribution in [3.63, 3.8) is 0 Å². The largest absolute Gasteiger partial charge is 0.462 e. The zero-order chi connectivity index (χ0) is 28.7. The molecular formula is C32H42O8. The molecule has 40 heavy (non-hydrogen) atoms. The van der Waals surface area contributed by atoms with Gasteiger partial charge in [0.15, 0.2) is 0 Å². The molecule has 2 bridgehead atoms. The fourth-order valence-corrected chi connectivity index (χ4v) is 11.6. The zero-order valence-corrected chi connectivity index (χ0v) is 24.1. The van der Waals surface area contributed by atoms with Crippen molar-refractivity contribution in [1.82, 2.24) is 0 Å². The van der Waals surface area contributed by atoms with E-state index in [0.717, 1.165) is 5.57 Å². The van der Waals surface area contributed by atoms with Crippen LogP contribution in [0.15, 0.2) is 23.3 Å². The Balaban J connectivity index is 1.31. The van der Waals surface area contributed by atoms with Gasteiger partial charge < -0.3 is 24.4 Å². The van der Waals surface area contributed by atoms with Crippen molar-refractivity contribution in [3.8, 4) is 0 Å². The first kappa shape index (κ1) is 26.7. The molecule has 8 nitrogen and oxygen atoms in total. The Kier molecular flexibility index (Phi) is 5.48. The molecule has 2 N–H and O–H groups in total. The minimum Gasteiger partial charge on any atom is -0.462 e. The Morgan fingerprint density at radius 3 is 2.50 bits per heavy atom. The Morgan fingerprint density at radius 1 is 1.07 bits per heavy atom. The summed E-state index contributed by atoms with van der Waals surface area (Å²) in [5, 5.41) is 23.6. The van der Waals surface area contributed by atoms with Gasteiger partial charge in [0, 0.05) is 53.4 Å². The lowest BCUT2D eigenvalue weighted by molar-refractivity contribution is -0.152. The van der Waals surface area contributed by atoms with E-state index in [1.807, 2.05) is 0 Å². The van der Waals surface area contributed by atoms with E-state index in [2.05, 4.69) is 34.3 Å². The van der Waals surface area contributed by atoms with Crippen molar-refractivity contribution >= 4 is 17.9 Å². The van der Waals surface area contributed by atoms with E-state index in [-0.39, 0.29) is 71.7 Å². The number of fused-ring (bicyclic) bond motifs is 6. The Labute approximate surface area is 235 Å². The van der Waals surface area contributed by atoms with Crippen molar-refractivity contribution in [2.24, 2.45) is 51.8 Å².